The predicted molar refractivity (Wildman–Crippen MR) is 72.1 cm³/mol. The molecule has 0 heterocycles. The maximum absolute atomic E-state index is 5.43. The van der Waals surface area contributed by atoms with E-state index in [1.54, 1.807) is 0 Å². The van der Waals surface area contributed by atoms with Gasteiger partial charge in [-0.3, -0.25) is 0 Å². The molecule has 2 aliphatic carbocycles. The number of nitrogens with one attached hydrogen (secondary N) is 1. The average molecular weight is 239 g/mol. The summed E-state index contributed by atoms with van der Waals surface area (Å²) in [4.78, 5) is 0. The van der Waals surface area contributed by atoms with Crippen molar-refractivity contribution in [3.8, 4) is 0 Å². The van der Waals surface area contributed by atoms with Crippen LogP contribution in [0, 0.1) is 23.2 Å². The van der Waals surface area contributed by atoms with E-state index in [-0.39, 0.29) is 0 Å². The minimum atomic E-state index is 0.536. The van der Waals surface area contributed by atoms with E-state index in [1.807, 2.05) is 7.11 Å². The van der Waals surface area contributed by atoms with Gasteiger partial charge in [-0.15, -0.1) is 0 Å². The second kappa shape index (κ2) is 5.71. The fraction of sp³-hybridized carbons (Fsp3) is 1.00. The summed E-state index contributed by atoms with van der Waals surface area (Å²) in [5.41, 5.74) is 0.536. The first-order valence-electron chi connectivity index (χ1n) is 7.42. The average Bonchev–Trinajstić information content (AvgIpc) is 2.90. The second-order valence-corrected chi connectivity index (χ2v) is 6.35. The van der Waals surface area contributed by atoms with E-state index in [1.165, 1.54) is 45.2 Å². The first-order valence-corrected chi connectivity index (χ1v) is 7.42. The van der Waals surface area contributed by atoms with Gasteiger partial charge in [0.2, 0.25) is 0 Å². The van der Waals surface area contributed by atoms with Crippen LogP contribution in [0.2, 0.25) is 0 Å². The highest BCUT2D eigenvalue weighted by atomic mass is 16.5. The van der Waals surface area contributed by atoms with Crippen molar-refractivity contribution in [2.24, 2.45) is 23.2 Å². The Morgan fingerprint density at radius 3 is 2.76 bits per heavy atom. The zero-order valence-corrected chi connectivity index (χ0v) is 11.8. The van der Waals surface area contributed by atoms with Gasteiger partial charge >= 0.3 is 0 Å². The fourth-order valence-electron chi connectivity index (χ4n) is 4.39. The molecule has 2 nitrogen and oxygen atoms in total. The van der Waals surface area contributed by atoms with Gasteiger partial charge in [0.1, 0.15) is 0 Å². The van der Waals surface area contributed by atoms with Crippen molar-refractivity contribution in [1.82, 2.24) is 5.32 Å². The maximum atomic E-state index is 5.43. The summed E-state index contributed by atoms with van der Waals surface area (Å²) < 4.78 is 5.43. The summed E-state index contributed by atoms with van der Waals surface area (Å²) in [6, 6.07) is 0. The Bertz CT molecular complexity index is 243. The molecule has 0 aromatic heterocycles. The van der Waals surface area contributed by atoms with Crippen LogP contribution in [0.3, 0.4) is 0 Å². The SMILES string of the molecule is CCCNCC1(C(C)COC)CC2CCC1C2. The molecule has 0 spiro atoms. The van der Waals surface area contributed by atoms with E-state index in [0.717, 1.165) is 18.4 Å². The monoisotopic (exact) mass is 239 g/mol. The zero-order valence-electron chi connectivity index (χ0n) is 11.8. The molecule has 0 aliphatic heterocycles. The minimum Gasteiger partial charge on any atom is -0.384 e. The Morgan fingerprint density at radius 2 is 2.24 bits per heavy atom. The highest BCUT2D eigenvalue weighted by molar-refractivity contribution is 5.03. The van der Waals surface area contributed by atoms with Gasteiger partial charge < -0.3 is 10.1 Å². The van der Waals surface area contributed by atoms with Crippen molar-refractivity contribution in [1.29, 1.82) is 0 Å². The lowest BCUT2D eigenvalue weighted by Crippen LogP contribution is -2.45. The van der Waals surface area contributed by atoms with E-state index in [4.69, 9.17) is 4.74 Å². The van der Waals surface area contributed by atoms with Crippen LogP contribution in [0.4, 0.5) is 0 Å². The summed E-state index contributed by atoms with van der Waals surface area (Å²) in [6.45, 7) is 7.96. The van der Waals surface area contributed by atoms with Gasteiger partial charge in [-0.05, 0) is 55.4 Å². The highest BCUT2D eigenvalue weighted by Gasteiger charge is 2.52. The summed E-state index contributed by atoms with van der Waals surface area (Å²) >= 11 is 0. The molecule has 4 unspecified atom stereocenters. The molecule has 2 fully saturated rings. The van der Waals surface area contributed by atoms with E-state index in [9.17, 15) is 0 Å². The lowest BCUT2D eigenvalue weighted by atomic mass is 9.65. The van der Waals surface area contributed by atoms with Crippen molar-refractivity contribution in [3.05, 3.63) is 0 Å². The fourth-order valence-corrected chi connectivity index (χ4v) is 4.39. The molecule has 2 heteroatoms. The van der Waals surface area contributed by atoms with Gasteiger partial charge in [-0.2, -0.15) is 0 Å². The Hall–Kier alpha value is -0.0800. The molecule has 0 aromatic carbocycles. The van der Waals surface area contributed by atoms with Crippen molar-refractivity contribution in [3.63, 3.8) is 0 Å². The first-order chi connectivity index (χ1) is 8.23. The Morgan fingerprint density at radius 1 is 1.41 bits per heavy atom. The van der Waals surface area contributed by atoms with Gasteiger partial charge in [0.05, 0.1) is 0 Å². The van der Waals surface area contributed by atoms with Gasteiger partial charge in [0, 0.05) is 20.3 Å². The molecule has 17 heavy (non-hydrogen) atoms. The van der Waals surface area contributed by atoms with Gasteiger partial charge in [-0.25, -0.2) is 0 Å². The molecule has 0 saturated heterocycles. The summed E-state index contributed by atoms with van der Waals surface area (Å²) in [6.07, 6.45) is 7.12. The van der Waals surface area contributed by atoms with Crippen LogP contribution in [-0.4, -0.2) is 26.8 Å². The van der Waals surface area contributed by atoms with Crippen LogP contribution in [0.25, 0.3) is 0 Å². The number of hydrogen-bond acceptors (Lipinski definition) is 2. The van der Waals surface area contributed by atoms with Gasteiger partial charge in [-0.1, -0.05) is 20.3 Å². The predicted octanol–water partition coefficient (Wildman–Crippen LogP) is 3.07. The van der Waals surface area contributed by atoms with Crippen LogP contribution in [0.15, 0.2) is 0 Å². The molecule has 1 N–H and O–H groups in total. The molecule has 0 aromatic rings. The van der Waals surface area contributed by atoms with E-state index in [0.29, 0.717) is 11.3 Å². The van der Waals surface area contributed by atoms with E-state index >= 15 is 0 Å². The Balaban J connectivity index is 2.01. The van der Waals surface area contributed by atoms with Crippen LogP contribution in [0.5, 0.6) is 0 Å². The van der Waals surface area contributed by atoms with Crippen molar-refractivity contribution >= 4 is 0 Å². The lowest BCUT2D eigenvalue weighted by Gasteiger charge is -2.43. The molecule has 0 amide bonds. The number of ether oxygens (including phenoxy) is 1. The van der Waals surface area contributed by atoms with Gasteiger partial charge in [0.15, 0.2) is 0 Å². The summed E-state index contributed by atoms with van der Waals surface area (Å²) in [5, 5.41) is 3.69. The van der Waals surface area contributed by atoms with Crippen molar-refractivity contribution < 1.29 is 4.74 Å². The highest BCUT2D eigenvalue weighted by Crippen LogP contribution is 2.59. The van der Waals surface area contributed by atoms with Crippen molar-refractivity contribution in [2.45, 2.75) is 46.0 Å². The number of hydrogen-bond donors (Lipinski definition) is 1. The number of methoxy groups -OCH3 is 1. The molecular weight excluding hydrogens is 210 g/mol. The normalized spacial score (nSPS) is 37.6. The third-order valence-electron chi connectivity index (χ3n) is 5.30. The lowest BCUT2D eigenvalue weighted by molar-refractivity contribution is 0.0263. The molecule has 4 atom stereocenters. The largest absolute Gasteiger partial charge is 0.384 e. The summed E-state index contributed by atoms with van der Waals surface area (Å²) in [7, 11) is 1.84. The quantitative estimate of drug-likeness (QED) is 0.689. The standard InChI is InChI=1S/C15H29NO/c1-4-7-16-11-15(12(2)10-17-3)9-13-5-6-14(15)8-13/h12-14,16H,4-11H2,1-3H3. The van der Waals surface area contributed by atoms with E-state index < -0.39 is 0 Å². The number of rotatable bonds is 7. The maximum Gasteiger partial charge on any atom is 0.0493 e. The van der Waals surface area contributed by atoms with Crippen LogP contribution in [0.1, 0.15) is 46.0 Å². The smallest absolute Gasteiger partial charge is 0.0493 e. The zero-order chi connectivity index (χ0) is 12.3. The van der Waals surface area contributed by atoms with Crippen LogP contribution < -0.4 is 5.32 Å². The summed E-state index contributed by atoms with van der Waals surface area (Å²) in [5.74, 6) is 2.68. The van der Waals surface area contributed by atoms with Crippen LogP contribution in [-0.2, 0) is 4.74 Å². The van der Waals surface area contributed by atoms with Crippen molar-refractivity contribution in [2.75, 3.05) is 26.8 Å². The first kappa shape index (κ1) is 13.4. The van der Waals surface area contributed by atoms with E-state index in [2.05, 4.69) is 19.2 Å². The third kappa shape index (κ3) is 2.53. The topological polar surface area (TPSA) is 21.3 Å². The minimum absolute atomic E-state index is 0.536. The Kier molecular flexibility index (Phi) is 4.48. The molecule has 100 valence electrons. The molecule has 0 radical (unpaired) electrons. The number of fused-ring (bicyclic) bond motifs is 2. The second-order valence-electron chi connectivity index (χ2n) is 6.35. The molecule has 2 bridgehead atoms. The third-order valence-corrected chi connectivity index (χ3v) is 5.30. The molecule has 2 rings (SSSR count). The molecular formula is C15H29NO. The Labute approximate surface area is 107 Å². The molecule has 2 saturated carbocycles. The molecule has 2 aliphatic rings. The van der Waals surface area contributed by atoms with Crippen LogP contribution >= 0.6 is 0 Å². The van der Waals surface area contributed by atoms with Gasteiger partial charge in [0.25, 0.3) is 0 Å².